The molecule has 2 heterocycles. The van der Waals surface area contributed by atoms with Gasteiger partial charge in [-0.05, 0) is 42.4 Å². The summed E-state index contributed by atoms with van der Waals surface area (Å²) in [4.78, 5) is 19.0. The Morgan fingerprint density at radius 2 is 2.29 bits per heavy atom. The highest BCUT2D eigenvalue weighted by molar-refractivity contribution is 6.07. The van der Waals surface area contributed by atoms with E-state index in [0.29, 0.717) is 23.0 Å². The Hall–Kier alpha value is -2.56. The van der Waals surface area contributed by atoms with E-state index in [1.165, 1.54) is 24.8 Å². The van der Waals surface area contributed by atoms with Crippen LogP contribution in [0.1, 0.15) is 48.5 Å². The second-order valence-electron chi connectivity index (χ2n) is 6.67. The lowest BCUT2D eigenvalue weighted by atomic mass is 9.77. The number of rotatable bonds is 3. The van der Waals surface area contributed by atoms with Gasteiger partial charge in [0.05, 0.1) is 22.9 Å². The maximum absolute atomic E-state index is 11.6. The molecule has 0 bridgehead atoms. The van der Waals surface area contributed by atoms with Crippen molar-refractivity contribution < 1.29 is 4.79 Å². The second kappa shape index (κ2) is 5.82. The van der Waals surface area contributed by atoms with Gasteiger partial charge in [-0.1, -0.05) is 25.5 Å². The molecule has 5 heteroatoms. The molecule has 2 unspecified atom stereocenters. The number of H-pyrrole nitrogens is 1. The van der Waals surface area contributed by atoms with Gasteiger partial charge in [-0.25, -0.2) is 4.98 Å². The number of hydrogen-bond donors (Lipinski definition) is 3. The topological polar surface area (TPSA) is 83.8 Å². The second-order valence-corrected chi connectivity index (χ2v) is 6.67. The number of allylic oxidation sites excluding steroid dienone is 2. The van der Waals surface area contributed by atoms with Crippen molar-refractivity contribution in [3.8, 4) is 0 Å². The van der Waals surface area contributed by atoms with Crippen LogP contribution in [0.2, 0.25) is 0 Å². The number of dihydropyridines is 1. The van der Waals surface area contributed by atoms with Crippen LogP contribution in [0.4, 0.5) is 0 Å². The van der Waals surface area contributed by atoms with Gasteiger partial charge in [-0.3, -0.25) is 4.79 Å². The molecule has 4 N–H and O–H groups in total. The van der Waals surface area contributed by atoms with E-state index in [4.69, 9.17) is 5.73 Å². The molecule has 1 aliphatic heterocycles. The minimum atomic E-state index is -0.442. The lowest BCUT2D eigenvalue weighted by molar-refractivity contribution is 0.100. The zero-order valence-corrected chi connectivity index (χ0v) is 13.8. The number of nitrogens with two attached hydrogens (primary N) is 1. The summed E-state index contributed by atoms with van der Waals surface area (Å²) >= 11 is 0. The molecule has 2 atom stereocenters. The summed E-state index contributed by atoms with van der Waals surface area (Å²) < 4.78 is 0. The van der Waals surface area contributed by atoms with Gasteiger partial charge >= 0.3 is 0 Å². The highest BCUT2D eigenvalue weighted by Crippen LogP contribution is 2.36. The van der Waals surface area contributed by atoms with Crippen molar-refractivity contribution >= 4 is 22.5 Å². The Bertz CT molecular complexity index is 861. The molecule has 2 aromatic rings. The summed E-state index contributed by atoms with van der Waals surface area (Å²) in [5.74, 6) is 0.272. The number of aromatic nitrogens is 2. The van der Waals surface area contributed by atoms with Crippen molar-refractivity contribution in [3.05, 3.63) is 47.4 Å². The normalized spacial score (nSPS) is 23.2. The molecule has 5 nitrogen and oxygen atoms in total. The van der Waals surface area contributed by atoms with Crippen molar-refractivity contribution in [2.45, 2.75) is 38.6 Å². The van der Waals surface area contributed by atoms with Gasteiger partial charge in [-0.15, -0.1) is 0 Å². The number of imidazole rings is 1. The first-order chi connectivity index (χ1) is 11.7. The Kier molecular flexibility index (Phi) is 3.63. The monoisotopic (exact) mass is 322 g/mol. The predicted molar refractivity (Wildman–Crippen MR) is 95.2 cm³/mol. The van der Waals surface area contributed by atoms with Crippen LogP contribution in [0, 0.1) is 5.92 Å². The van der Waals surface area contributed by atoms with E-state index in [-0.39, 0.29) is 0 Å². The first-order valence-corrected chi connectivity index (χ1v) is 8.62. The maximum atomic E-state index is 11.6. The molecule has 1 aromatic heterocycles. The molecular formula is C19H22N4O. The van der Waals surface area contributed by atoms with Gasteiger partial charge < -0.3 is 16.0 Å². The van der Waals surface area contributed by atoms with Crippen molar-refractivity contribution in [1.29, 1.82) is 0 Å². The van der Waals surface area contributed by atoms with Crippen LogP contribution in [0.15, 0.2) is 36.3 Å². The van der Waals surface area contributed by atoms with E-state index in [1.54, 1.807) is 12.4 Å². The molecular weight excluding hydrogens is 300 g/mol. The van der Waals surface area contributed by atoms with Crippen LogP contribution < -0.4 is 11.1 Å². The molecule has 1 aromatic carbocycles. The van der Waals surface area contributed by atoms with Crippen molar-refractivity contribution in [1.82, 2.24) is 15.3 Å². The Morgan fingerprint density at radius 3 is 3.08 bits per heavy atom. The van der Waals surface area contributed by atoms with E-state index < -0.39 is 5.91 Å². The van der Waals surface area contributed by atoms with Gasteiger partial charge in [0.1, 0.15) is 0 Å². The van der Waals surface area contributed by atoms with Crippen LogP contribution in [-0.2, 0) is 0 Å². The number of carbonyl (C=O) groups excluding carboxylic acids is 1. The van der Waals surface area contributed by atoms with Crippen LogP contribution in [0.3, 0.4) is 0 Å². The van der Waals surface area contributed by atoms with E-state index in [2.05, 4.69) is 34.5 Å². The zero-order valence-electron chi connectivity index (χ0n) is 13.8. The van der Waals surface area contributed by atoms with Crippen molar-refractivity contribution in [3.63, 3.8) is 0 Å². The first kappa shape index (κ1) is 15.0. The number of nitrogens with zero attached hydrogens (tertiary/aromatic N) is 1. The van der Waals surface area contributed by atoms with Crippen LogP contribution in [0.25, 0.3) is 16.6 Å². The van der Waals surface area contributed by atoms with Gasteiger partial charge in [0.25, 0.3) is 5.91 Å². The van der Waals surface area contributed by atoms with Crippen LogP contribution in [0.5, 0.6) is 0 Å². The maximum Gasteiger partial charge on any atom is 0.250 e. The van der Waals surface area contributed by atoms with E-state index >= 15 is 0 Å². The highest BCUT2D eigenvalue weighted by Gasteiger charge is 2.29. The number of carbonyl (C=O) groups is 1. The summed E-state index contributed by atoms with van der Waals surface area (Å²) in [6.07, 6.45) is 10.9. The van der Waals surface area contributed by atoms with Gasteiger partial charge in [-0.2, -0.15) is 0 Å². The number of nitrogens with one attached hydrogen (secondary N) is 2. The van der Waals surface area contributed by atoms with Gasteiger partial charge in [0, 0.05) is 17.8 Å². The van der Waals surface area contributed by atoms with Gasteiger partial charge in [0.15, 0.2) is 0 Å². The first-order valence-electron chi connectivity index (χ1n) is 8.62. The number of benzene rings is 1. The molecule has 1 fully saturated rings. The SMILES string of the molecule is CCC1CCCC2=CC(c3ccc(C(N)=O)c4[nH]cnc34)=CNC21. The quantitative estimate of drug-likeness (QED) is 0.812. The third-order valence-electron chi connectivity index (χ3n) is 5.35. The molecule has 1 amide bonds. The third kappa shape index (κ3) is 2.31. The number of aromatic amines is 1. The minimum absolute atomic E-state index is 0.442. The molecule has 24 heavy (non-hydrogen) atoms. The van der Waals surface area contributed by atoms with Crippen LogP contribution in [-0.4, -0.2) is 21.9 Å². The van der Waals surface area contributed by atoms with E-state index in [9.17, 15) is 4.79 Å². The van der Waals surface area contributed by atoms with Gasteiger partial charge in [0.2, 0.25) is 0 Å². The fourth-order valence-electron chi connectivity index (χ4n) is 4.09. The molecule has 1 aliphatic carbocycles. The summed E-state index contributed by atoms with van der Waals surface area (Å²) in [6.45, 7) is 2.27. The largest absolute Gasteiger partial charge is 0.384 e. The number of primary amides is 1. The molecule has 1 saturated carbocycles. The summed E-state index contributed by atoms with van der Waals surface area (Å²) in [6, 6.07) is 4.18. The van der Waals surface area contributed by atoms with Crippen molar-refractivity contribution in [2.24, 2.45) is 11.7 Å². The fourth-order valence-corrected chi connectivity index (χ4v) is 4.09. The Balaban J connectivity index is 1.76. The lowest BCUT2D eigenvalue weighted by Crippen LogP contribution is -2.39. The van der Waals surface area contributed by atoms with E-state index in [0.717, 1.165) is 23.1 Å². The smallest absolute Gasteiger partial charge is 0.250 e. The highest BCUT2D eigenvalue weighted by atomic mass is 16.1. The molecule has 0 radical (unpaired) electrons. The molecule has 0 saturated heterocycles. The molecule has 4 rings (SSSR count). The molecule has 2 aliphatic rings. The minimum Gasteiger partial charge on any atom is -0.384 e. The number of amides is 1. The standard InChI is InChI=1S/C19H22N4O/c1-2-11-4-3-5-12-8-13(9-21-16(11)12)14-6-7-15(19(20)24)18-17(14)22-10-23-18/h6-11,16,21H,2-5H2,1H3,(H2,20,24)(H,22,23). The predicted octanol–water partition coefficient (Wildman–Crippen LogP) is 3.11. The third-order valence-corrected chi connectivity index (χ3v) is 5.35. The lowest BCUT2D eigenvalue weighted by Gasteiger charge is -2.36. The van der Waals surface area contributed by atoms with E-state index in [1.807, 2.05) is 6.07 Å². The molecule has 124 valence electrons. The van der Waals surface area contributed by atoms with Crippen molar-refractivity contribution in [2.75, 3.05) is 0 Å². The average molecular weight is 322 g/mol. The summed E-state index contributed by atoms with van der Waals surface area (Å²) in [7, 11) is 0. The molecule has 0 spiro atoms. The van der Waals surface area contributed by atoms with Crippen LogP contribution >= 0.6 is 0 Å². The summed E-state index contributed by atoms with van der Waals surface area (Å²) in [5, 5.41) is 3.60. The zero-order chi connectivity index (χ0) is 16.7. The number of fused-ring (bicyclic) bond motifs is 2. The average Bonchev–Trinajstić information content (AvgIpc) is 3.09. The Labute approximate surface area is 141 Å². The Morgan fingerprint density at radius 1 is 1.42 bits per heavy atom. The number of hydrogen-bond acceptors (Lipinski definition) is 3. The summed E-state index contributed by atoms with van der Waals surface area (Å²) in [5.41, 5.74) is 11.0. The fraction of sp³-hybridized carbons (Fsp3) is 0.368.